The van der Waals surface area contributed by atoms with Crippen LogP contribution in [0, 0.1) is 0 Å². The van der Waals surface area contributed by atoms with Crippen LogP contribution in [0.4, 0.5) is 5.95 Å². The molecule has 0 saturated carbocycles. The van der Waals surface area contributed by atoms with Gasteiger partial charge in [0.2, 0.25) is 5.95 Å². The normalized spacial score (nSPS) is 26.4. The molecule has 0 radical (unpaired) electrons. The number of ether oxygens (including phenoxy) is 2. The fraction of sp³-hybridized carbons (Fsp3) is 0.611. The molecule has 0 aliphatic carbocycles. The molecule has 3 aliphatic rings. The van der Waals surface area contributed by atoms with Crippen molar-refractivity contribution in [2.45, 2.75) is 25.0 Å². The van der Waals surface area contributed by atoms with Gasteiger partial charge >= 0.3 is 0 Å². The highest BCUT2D eigenvalue weighted by Crippen LogP contribution is 2.39. The Morgan fingerprint density at radius 3 is 2.92 bits per heavy atom. The molecule has 0 amide bonds. The van der Waals surface area contributed by atoms with E-state index in [1.807, 2.05) is 18.6 Å². The number of nitrogens with zero attached hydrogens (tertiary/aromatic N) is 5. The van der Waals surface area contributed by atoms with Crippen molar-refractivity contribution in [2.75, 3.05) is 50.9 Å². The Labute approximate surface area is 152 Å². The minimum Gasteiger partial charge on any atom is -0.378 e. The molecule has 0 bridgehead atoms. The lowest BCUT2D eigenvalue weighted by Crippen LogP contribution is -2.42. The molecule has 2 aromatic rings. The van der Waals surface area contributed by atoms with Crippen molar-refractivity contribution >= 4 is 5.95 Å². The first-order valence-corrected chi connectivity index (χ1v) is 9.29. The zero-order valence-corrected chi connectivity index (χ0v) is 14.9. The molecule has 2 fully saturated rings. The predicted octanol–water partition coefficient (Wildman–Crippen LogP) is 0.710. The summed E-state index contributed by atoms with van der Waals surface area (Å²) in [6, 6.07) is 0. The number of fused-ring (bicyclic) bond motifs is 2. The maximum absolute atomic E-state index is 5.94. The lowest BCUT2D eigenvalue weighted by atomic mass is 9.80. The standard InChI is InChI=1S/C18H24N6O2/c1-2-23(10-14-7-20-21-8-14)12-18(1)13-26-11-15-9-19-17(22-16(15)18)24-3-5-25-6-4-24/h7-9H,1-6,10-13H2,(H,20,21). The molecular weight excluding hydrogens is 332 g/mol. The molecule has 1 unspecified atom stereocenters. The number of aromatic amines is 1. The summed E-state index contributed by atoms with van der Waals surface area (Å²) in [5.74, 6) is 0.835. The Morgan fingerprint density at radius 1 is 1.15 bits per heavy atom. The van der Waals surface area contributed by atoms with Crippen LogP contribution in [0.15, 0.2) is 18.6 Å². The number of aromatic nitrogens is 4. The van der Waals surface area contributed by atoms with Crippen molar-refractivity contribution in [1.29, 1.82) is 0 Å². The molecule has 1 atom stereocenters. The average molecular weight is 356 g/mol. The van der Waals surface area contributed by atoms with Crippen molar-refractivity contribution < 1.29 is 9.47 Å². The SMILES string of the molecule is c1n[nH]cc1CN1CCC2(COCc3cnc(N4CCOCC4)nc32)C1. The molecule has 5 rings (SSSR count). The Kier molecular flexibility index (Phi) is 4.11. The monoisotopic (exact) mass is 356 g/mol. The molecule has 2 saturated heterocycles. The predicted molar refractivity (Wildman–Crippen MR) is 94.9 cm³/mol. The number of anilines is 1. The van der Waals surface area contributed by atoms with Gasteiger partial charge in [-0.05, 0) is 13.0 Å². The van der Waals surface area contributed by atoms with Gasteiger partial charge < -0.3 is 14.4 Å². The largest absolute Gasteiger partial charge is 0.378 e. The third-order valence-electron chi connectivity index (χ3n) is 5.68. The summed E-state index contributed by atoms with van der Waals surface area (Å²) < 4.78 is 11.4. The van der Waals surface area contributed by atoms with E-state index in [4.69, 9.17) is 14.5 Å². The molecule has 26 heavy (non-hydrogen) atoms. The van der Waals surface area contributed by atoms with E-state index in [-0.39, 0.29) is 5.41 Å². The molecule has 5 heterocycles. The zero-order valence-electron chi connectivity index (χ0n) is 14.9. The second-order valence-electron chi connectivity index (χ2n) is 7.48. The van der Waals surface area contributed by atoms with Gasteiger partial charge in [-0.1, -0.05) is 0 Å². The third kappa shape index (κ3) is 2.87. The second-order valence-corrected chi connectivity index (χ2v) is 7.48. The fourth-order valence-electron chi connectivity index (χ4n) is 4.33. The van der Waals surface area contributed by atoms with Gasteiger partial charge in [0.25, 0.3) is 0 Å². The molecule has 1 spiro atoms. The quantitative estimate of drug-likeness (QED) is 0.868. The van der Waals surface area contributed by atoms with Crippen LogP contribution in [0.3, 0.4) is 0 Å². The van der Waals surface area contributed by atoms with Gasteiger partial charge in [-0.3, -0.25) is 10.00 Å². The Balaban J connectivity index is 1.41. The van der Waals surface area contributed by atoms with Gasteiger partial charge in [0.1, 0.15) is 0 Å². The van der Waals surface area contributed by atoms with Crippen molar-refractivity contribution in [2.24, 2.45) is 0 Å². The van der Waals surface area contributed by atoms with Crippen LogP contribution in [0.1, 0.15) is 23.2 Å². The maximum atomic E-state index is 5.94. The van der Waals surface area contributed by atoms with Crippen LogP contribution in [0.5, 0.6) is 0 Å². The number of H-pyrrole nitrogens is 1. The van der Waals surface area contributed by atoms with Crippen molar-refractivity contribution in [3.05, 3.63) is 35.4 Å². The van der Waals surface area contributed by atoms with Gasteiger partial charge in [-0.2, -0.15) is 5.10 Å². The summed E-state index contributed by atoms with van der Waals surface area (Å²) in [4.78, 5) is 14.3. The summed E-state index contributed by atoms with van der Waals surface area (Å²) in [5, 5.41) is 6.95. The molecule has 3 aliphatic heterocycles. The minimum atomic E-state index is -0.0265. The molecule has 8 heteroatoms. The van der Waals surface area contributed by atoms with Crippen molar-refractivity contribution in [1.82, 2.24) is 25.1 Å². The highest BCUT2D eigenvalue weighted by molar-refractivity contribution is 5.38. The Bertz CT molecular complexity index is 761. The third-order valence-corrected chi connectivity index (χ3v) is 5.68. The average Bonchev–Trinajstić information content (AvgIpc) is 3.34. The number of nitrogens with one attached hydrogen (secondary N) is 1. The van der Waals surface area contributed by atoms with E-state index in [9.17, 15) is 0 Å². The molecule has 138 valence electrons. The molecule has 0 aromatic carbocycles. The van der Waals surface area contributed by atoms with Gasteiger partial charge in [0.05, 0.1) is 43.7 Å². The minimum absolute atomic E-state index is 0.0265. The van der Waals surface area contributed by atoms with E-state index in [1.165, 1.54) is 11.3 Å². The van der Waals surface area contributed by atoms with Crippen LogP contribution in [0.2, 0.25) is 0 Å². The topological polar surface area (TPSA) is 79.4 Å². The van der Waals surface area contributed by atoms with Crippen LogP contribution >= 0.6 is 0 Å². The number of hydrogen-bond donors (Lipinski definition) is 1. The van der Waals surface area contributed by atoms with E-state index in [0.717, 1.165) is 70.5 Å². The summed E-state index contributed by atoms with van der Waals surface area (Å²) in [6.45, 7) is 7.47. The van der Waals surface area contributed by atoms with Crippen molar-refractivity contribution in [3.63, 3.8) is 0 Å². The van der Waals surface area contributed by atoms with E-state index < -0.39 is 0 Å². The van der Waals surface area contributed by atoms with Gasteiger partial charge in [-0.25, -0.2) is 9.97 Å². The molecule has 1 N–H and O–H groups in total. The van der Waals surface area contributed by atoms with Gasteiger partial charge in [0.15, 0.2) is 0 Å². The van der Waals surface area contributed by atoms with Gasteiger partial charge in [-0.15, -0.1) is 0 Å². The number of likely N-dealkylation sites (tertiary alicyclic amines) is 1. The smallest absolute Gasteiger partial charge is 0.225 e. The van der Waals surface area contributed by atoms with Crippen LogP contribution < -0.4 is 4.90 Å². The molecular formula is C18H24N6O2. The Hall–Kier alpha value is -2.03. The van der Waals surface area contributed by atoms with E-state index in [2.05, 4.69) is 25.0 Å². The number of rotatable bonds is 3. The molecule has 8 nitrogen and oxygen atoms in total. The van der Waals surface area contributed by atoms with Gasteiger partial charge in [0, 0.05) is 49.7 Å². The first kappa shape index (κ1) is 16.2. The fourth-order valence-corrected chi connectivity index (χ4v) is 4.33. The first-order chi connectivity index (χ1) is 12.8. The maximum Gasteiger partial charge on any atom is 0.225 e. The summed E-state index contributed by atoms with van der Waals surface area (Å²) in [7, 11) is 0. The second kappa shape index (κ2) is 6.61. The first-order valence-electron chi connectivity index (χ1n) is 9.29. The van der Waals surface area contributed by atoms with E-state index in [1.54, 1.807) is 0 Å². The number of hydrogen-bond acceptors (Lipinski definition) is 7. The van der Waals surface area contributed by atoms with E-state index >= 15 is 0 Å². The lowest BCUT2D eigenvalue weighted by Gasteiger charge is -2.35. The number of morpholine rings is 1. The Morgan fingerprint density at radius 2 is 2.08 bits per heavy atom. The summed E-state index contributed by atoms with van der Waals surface area (Å²) in [5.41, 5.74) is 3.52. The summed E-state index contributed by atoms with van der Waals surface area (Å²) in [6.07, 6.45) is 6.90. The van der Waals surface area contributed by atoms with E-state index in [0.29, 0.717) is 6.61 Å². The highest BCUT2D eigenvalue weighted by Gasteiger charge is 2.45. The molecule has 2 aromatic heterocycles. The summed E-state index contributed by atoms with van der Waals surface area (Å²) >= 11 is 0. The van der Waals surface area contributed by atoms with Crippen molar-refractivity contribution in [3.8, 4) is 0 Å². The van der Waals surface area contributed by atoms with Crippen LogP contribution in [-0.2, 0) is 28.0 Å². The highest BCUT2D eigenvalue weighted by atomic mass is 16.5. The zero-order chi connectivity index (χ0) is 17.4. The van der Waals surface area contributed by atoms with Crippen LogP contribution in [0.25, 0.3) is 0 Å². The lowest BCUT2D eigenvalue weighted by molar-refractivity contribution is 0.0502. The van der Waals surface area contributed by atoms with Crippen LogP contribution in [-0.4, -0.2) is 71.1 Å².